The first-order chi connectivity index (χ1) is 11.8. The van der Waals surface area contributed by atoms with Gasteiger partial charge in [0, 0.05) is 43.7 Å². The van der Waals surface area contributed by atoms with Gasteiger partial charge in [0.25, 0.3) is 5.91 Å². The summed E-state index contributed by atoms with van der Waals surface area (Å²) in [7, 11) is 3.84. The van der Waals surface area contributed by atoms with Gasteiger partial charge in [0.05, 0.1) is 12.7 Å². The molecule has 2 aromatic rings. The maximum Gasteiger partial charge on any atom is 0.251 e. The van der Waals surface area contributed by atoms with Crippen LogP contribution in [0, 0.1) is 0 Å². The van der Waals surface area contributed by atoms with E-state index in [4.69, 9.17) is 0 Å². The summed E-state index contributed by atoms with van der Waals surface area (Å²) in [5, 5.41) is 17.4. The first-order valence-corrected chi connectivity index (χ1v) is 8.64. The van der Waals surface area contributed by atoms with Crippen molar-refractivity contribution in [2.24, 2.45) is 7.05 Å². The van der Waals surface area contributed by atoms with Crippen molar-refractivity contribution in [2.75, 3.05) is 25.0 Å². The number of anilines is 1. The van der Waals surface area contributed by atoms with E-state index in [0.29, 0.717) is 11.1 Å². The second kappa shape index (κ2) is 8.16. The van der Waals surface area contributed by atoms with E-state index in [0.717, 1.165) is 25.1 Å². The monoisotopic (exact) mass is 344 g/mol. The topological polar surface area (TPSA) is 70.4 Å². The molecule has 0 radical (unpaired) electrons. The fourth-order valence-electron chi connectivity index (χ4n) is 2.55. The molecule has 0 aliphatic heterocycles. The molecular formula is C19H28N4O2. The van der Waals surface area contributed by atoms with Gasteiger partial charge in [0.2, 0.25) is 0 Å². The van der Waals surface area contributed by atoms with Gasteiger partial charge in [-0.2, -0.15) is 5.10 Å². The zero-order valence-corrected chi connectivity index (χ0v) is 15.5. The van der Waals surface area contributed by atoms with Crippen LogP contribution in [0.2, 0.25) is 0 Å². The smallest absolute Gasteiger partial charge is 0.251 e. The van der Waals surface area contributed by atoms with E-state index in [2.05, 4.69) is 29.3 Å². The van der Waals surface area contributed by atoms with Crippen LogP contribution in [0.5, 0.6) is 0 Å². The number of aryl methyl sites for hydroxylation is 1. The van der Waals surface area contributed by atoms with Crippen molar-refractivity contribution in [3.05, 3.63) is 47.8 Å². The number of hydrogen-bond donors (Lipinski definition) is 2. The second-order valence-electron chi connectivity index (χ2n) is 6.68. The Morgan fingerprint density at radius 1 is 1.36 bits per heavy atom. The van der Waals surface area contributed by atoms with E-state index in [9.17, 15) is 9.90 Å². The summed E-state index contributed by atoms with van der Waals surface area (Å²) in [5.41, 5.74) is 1.18. The highest BCUT2D eigenvalue weighted by molar-refractivity contribution is 5.94. The van der Waals surface area contributed by atoms with E-state index in [1.165, 1.54) is 0 Å². The number of carbonyl (C=O) groups excluding carboxylic acids is 1. The molecule has 1 aromatic carbocycles. The Morgan fingerprint density at radius 2 is 2.04 bits per heavy atom. The molecule has 2 rings (SSSR count). The molecule has 0 fully saturated rings. The Morgan fingerprint density at radius 3 is 2.60 bits per heavy atom. The summed E-state index contributed by atoms with van der Waals surface area (Å²) in [6.07, 6.45) is 5.64. The first-order valence-electron chi connectivity index (χ1n) is 8.64. The molecule has 1 atom stereocenters. The zero-order chi connectivity index (χ0) is 18.4. The maximum atomic E-state index is 12.3. The minimum atomic E-state index is -1.16. The Kier molecular flexibility index (Phi) is 6.20. The summed E-state index contributed by atoms with van der Waals surface area (Å²) < 4.78 is 1.62. The Balaban J connectivity index is 1.94. The molecule has 1 aromatic heterocycles. The minimum absolute atomic E-state index is 0.121. The summed E-state index contributed by atoms with van der Waals surface area (Å²) in [6.45, 7) is 4.95. The largest absolute Gasteiger partial charge is 0.383 e. The van der Waals surface area contributed by atoms with Gasteiger partial charge < -0.3 is 15.3 Å². The lowest BCUT2D eigenvalue weighted by Crippen LogP contribution is -2.38. The van der Waals surface area contributed by atoms with Crippen LogP contribution in [0.1, 0.15) is 42.6 Å². The lowest BCUT2D eigenvalue weighted by molar-refractivity contribution is 0.0526. The fourth-order valence-corrected chi connectivity index (χ4v) is 2.55. The predicted octanol–water partition coefficient (Wildman–Crippen LogP) is 2.29. The average Bonchev–Trinajstić information content (AvgIpc) is 3.05. The molecule has 6 nitrogen and oxygen atoms in total. The average molecular weight is 344 g/mol. The molecule has 1 heterocycles. The van der Waals surface area contributed by atoms with E-state index in [1.807, 2.05) is 24.3 Å². The number of nitrogens with zero attached hydrogens (tertiary/aromatic N) is 3. The lowest BCUT2D eigenvalue weighted by Gasteiger charge is -2.22. The van der Waals surface area contributed by atoms with E-state index < -0.39 is 5.60 Å². The number of aliphatic hydroxyl groups is 1. The number of carbonyl (C=O) groups is 1. The van der Waals surface area contributed by atoms with Gasteiger partial charge >= 0.3 is 0 Å². The van der Waals surface area contributed by atoms with Crippen LogP contribution in [0.15, 0.2) is 36.7 Å². The summed E-state index contributed by atoms with van der Waals surface area (Å²) in [4.78, 5) is 14.5. The Hall–Kier alpha value is -2.34. The third kappa shape index (κ3) is 5.06. The van der Waals surface area contributed by atoms with Crippen molar-refractivity contribution in [3.63, 3.8) is 0 Å². The van der Waals surface area contributed by atoms with E-state index in [1.54, 1.807) is 31.0 Å². The number of aromatic nitrogens is 2. The van der Waals surface area contributed by atoms with Crippen molar-refractivity contribution in [1.29, 1.82) is 0 Å². The standard InChI is InChI=1S/C19H28N4O2/c1-5-6-11-22(3)17-9-7-15(8-10-17)18(24)20-14-19(2,25)16-12-21-23(4)13-16/h7-10,12-13,25H,5-6,11,14H2,1-4H3,(H,20,24). The third-order valence-corrected chi connectivity index (χ3v) is 4.34. The van der Waals surface area contributed by atoms with Crippen LogP contribution in [0.25, 0.3) is 0 Å². The Labute approximate surface area is 149 Å². The molecule has 136 valence electrons. The maximum absolute atomic E-state index is 12.3. The molecule has 2 N–H and O–H groups in total. The molecular weight excluding hydrogens is 316 g/mol. The van der Waals surface area contributed by atoms with Gasteiger partial charge in [-0.15, -0.1) is 0 Å². The molecule has 25 heavy (non-hydrogen) atoms. The van der Waals surface area contributed by atoms with Gasteiger partial charge in [-0.3, -0.25) is 9.48 Å². The van der Waals surface area contributed by atoms with Crippen LogP contribution in [-0.2, 0) is 12.6 Å². The molecule has 1 amide bonds. The SMILES string of the molecule is CCCCN(C)c1ccc(C(=O)NCC(C)(O)c2cnn(C)c2)cc1. The lowest BCUT2D eigenvalue weighted by atomic mass is 9.99. The zero-order valence-electron chi connectivity index (χ0n) is 15.5. The van der Waals surface area contributed by atoms with Crippen LogP contribution in [-0.4, -0.2) is 40.9 Å². The molecule has 0 saturated carbocycles. The van der Waals surface area contributed by atoms with Gasteiger partial charge in [-0.05, 0) is 37.6 Å². The van der Waals surface area contributed by atoms with Gasteiger partial charge in [0.15, 0.2) is 0 Å². The van der Waals surface area contributed by atoms with Crippen molar-refractivity contribution in [2.45, 2.75) is 32.3 Å². The van der Waals surface area contributed by atoms with Gasteiger partial charge in [-0.25, -0.2) is 0 Å². The van der Waals surface area contributed by atoms with Crippen molar-refractivity contribution >= 4 is 11.6 Å². The summed E-state index contributed by atoms with van der Waals surface area (Å²) in [5.74, 6) is -0.202. The molecule has 0 aliphatic rings. The highest BCUT2D eigenvalue weighted by atomic mass is 16.3. The number of benzene rings is 1. The number of rotatable bonds is 8. The normalized spacial score (nSPS) is 13.3. The molecule has 0 saturated heterocycles. The minimum Gasteiger partial charge on any atom is -0.383 e. The number of unbranched alkanes of at least 4 members (excludes halogenated alkanes) is 1. The molecule has 1 unspecified atom stereocenters. The van der Waals surface area contributed by atoms with Gasteiger partial charge in [-0.1, -0.05) is 13.3 Å². The second-order valence-corrected chi connectivity index (χ2v) is 6.68. The summed E-state index contributed by atoms with van der Waals surface area (Å²) >= 11 is 0. The fraction of sp³-hybridized carbons (Fsp3) is 0.474. The highest BCUT2D eigenvalue weighted by Gasteiger charge is 2.25. The predicted molar refractivity (Wildman–Crippen MR) is 99.7 cm³/mol. The van der Waals surface area contributed by atoms with E-state index >= 15 is 0 Å². The molecule has 0 bridgehead atoms. The number of hydrogen-bond acceptors (Lipinski definition) is 4. The number of nitrogens with one attached hydrogen (secondary N) is 1. The van der Waals surface area contributed by atoms with Crippen LogP contribution in [0.3, 0.4) is 0 Å². The van der Waals surface area contributed by atoms with Crippen molar-refractivity contribution in [1.82, 2.24) is 15.1 Å². The van der Waals surface area contributed by atoms with E-state index in [-0.39, 0.29) is 12.5 Å². The van der Waals surface area contributed by atoms with Crippen LogP contribution in [0.4, 0.5) is 5.69 Å². The van der Waals surface area contributed by atoms with Crippen LogP contribution < -0.4 is 10.2 Å². The quantitative estimate of drug-likeness (QED) is 0.771. The third-order valence-electron chi connectivity index (χ3n) is 4.34. The Bertz CT molecular complexity index is 692. The number of amides is 1. The summed E-state index contributed by atoms with van der Waals surface area (Å²) in [6, 6.07) is 7.52. The molecule has 6 heteroatoms. The van der Waals surface area contributed by atoms with Gasteiger partial charge in [0.1, 0.15) is 5.60 Å². The molecule has 0 aliphatic carbocycles. The first kappa shape index (κ1) is 19.0. The highest BCUT2D eigenvalue weighted by Crippen LogP contribution is 2.19. The molecule has 0 spiro atoms. The van der Waals surface area contributed by atoms with Crippen LogP contribution >= 0.6 is 0 Å². The van der Waals surface area contributed by atoms with Crippen molar-refractivity contribution < 1.29 is 9.90 Å². The van der Waals surface area contributed by atoms with Crippen molar-refractivity contribution in [3.8, 4) is 0 Å².